The number of Topliss-reactive ketones (excluding diaryl/α,β-unsaturated/α-hetero) is 1. The van der Waals surface area contributed by atoms with Crippen LogP contribution < -0.4 is 0 Å². The molecule has 1 aromatic rings. The second kappa shape index (κ2) is 5.07. The molecule has 1 aliphatic heterocycles. The fourth-order valence-corrected chi connectivity index (χ4v) is 3.36. The molecular formula is C16H14FNO2S. The van der Waals surface area contributed by atoms with Crippen molar-refractivity contribution in [2.24, 2.45) is 4.99 Å². The quantitative estimate of drug-likeness (QED) is 0.788. The van der Waals surface area contributed by atoms with E-state index in [0.717, 1.165) is 10.6 Å². The van der Waals surface area contributed by atoms with Gasteiger partial charge in [-0.15, -0.1) is 11.3 Å². The topological polar surface area (TPSA) is 38.7 Å². The summed E-state index contributed by atoms with van der Waals surface area (Å²) in [5.74, 6) is -0.659. The van der Waals surface area contributed by atoms with Crippen LogP contribution in [0.3, 0.4) is 0 Å². The zero-order chi connectivity index (χ0) is 15.1. The fourth-order valence-electron chi connectivity index (χ4n) is 2.53. The number of halogens is 1. The van der Waals surface area contributed by atoms with Crippen molar-refractivity contribution in [2.45, 2.75) is 20.3 Å². The summed E-state index contributed by atoms with van der Waals surface area (Å²) < 4.78 is 19.7. The minimum absolute atomic E-state index is 0.0333. The Morgan fingerprint density at radius 1 is 1.38 bits per heavy atom. The summed E-state index contributed by atoms with van der Waals surface area (Å²) in [7, 11) is 1.39. The first-order valence-electron chi connectivity index (χ1n) is 6.56. The van der Waals surface area contributed by atoms with Crippen molar-refractivity contribution in [1.82, 2.24) is 0 Å². The highest BCUT2D eigenvalue weighted by molar-refractivity contribution is 7.14. The summed E-state index contributed by atoms with van der Waals surface area (Å²) in [5, 5.41) is 0. The van der Waals surface area contributed by atoms with E-state index in [0.29, 0.717) is 28.2 Å². The maximum Gasteiger partial charge on any atom is 0.203 e. The van der Waals surface area contributed by atoms with E-state index in [2.05, 4.69) is 4.99 Å². The molecule has 21 heavy (non-hydrogen) atoms. The van der Waals surface area contributed by atoms with Gasteiger partial charge in [0.1, 0.15) is 0 Å². The standard InChI is InChI=1S/C16H14FNO2S/c1-8-6-10-12(18-8)7-11(16(20-3)14(10)17)15(19)13-5-4-9(2)21-13/h4-6H,7H2,1-3H3. The van der Waals surface area contributed by atoms with Crippen LogP contribution in [-0.4, -0.2) is 18.6 Å². The number of fused-ring (bicyclic) bond motifs is 1. The number of aryl methyl sites for hydroxylation is 1. The molecule has 0 aromatic carbocycles. The van der Waals surface area contributed by atoms with Crippen LogP contribution in [0.1, 0.15) is 27.9 Å². The highest BCUT2D eigenvalue weighted by Gasteiger charge is 2.33. The van der Waals surface area contributed by atoms with Crippen molar-refractivity contribution in [3.63, 3.8) is 0 Å². The molecule has 0 saturated heterocycles. The van der Waals surface area contributed by atoms with Gasteiger partial charge in [0.05, 0.1) is 23.3 Å². The van der Waals surface area contributed by atoms with Crippen molar-refractivity contribution < 1.29 is 13.9 Å². The molecule has 2 aliphatic rings. The van der Waals surface area contributed by atoms with Crippen molar-refractivity contribution in [3.05, 3.63) is 56.4 Å². The molecular weight excluding hydrogens is 289 g/mol. The van der Waals surface area contributed by atoms with Gasteiger partial charge >= 0.3 is 0 Å². The van der Waals surface area contributed by atoms with E-state index in [-0.39, 0.29) is 11.5 Å². The summed E-state index contributed by atoms with van der Waals surface area (Å²) in [5.41, 5.74) is 2.11. The number of rotatable bonds is 3. The van der Waals surface area contributed by atoms with E-state index in [1.165, 1.54) is 18.4 Å². The van der Waals surface area contributed by atoms with Gasteiger partial charge in [-0.3, -0.25) is 9.79 Å². The van der Waals surface area contributed by atoms with Crippen LogP contribution in [0, 0.1) is 6.92 Å². The Bertz CT molecular complexity index is 765. The van der Waals surface area contributed by atoms with Crippen LogP contribution in [0.4, 0.5) is 4.39 Å². The number of nitrogens with zero attached hydrogens (tertiary/aromatic N) is 1. The molecule has 2 heterocycles. The number of ketones is 1. The van der Waals surface area contributed by atoms with Crippen LogP contribution >= 0.6 is 11.3 Å². The minimum Gasteiger partial charge on any atom is -0.493 e. The number of methoxy groups -OCH3 is 1. The van der Waals surface area contributed by atoms with Crippen molar-refractivity contribution in [2.75, 3.05) is 7.11 Å². The summed E-state index contributed by atoms with van der Waals surface area (Å²) in [6.45, 7) is 3.74. The molecule has 1 aliphatic carbocycles. The number of carbonyl (C=O) groups excluding carboxylic acids is 1. The Hall–Kier alpha value is -2.01. The molecule has 5 heteroatoms. The van der Waals surface area contributed by atoms with E-state index in [1.807, 2.05) is 19.9 Å². The maximum atomic E-state index is 14.5. The molecule has 0 fully saturated rings. The van der Waals surface area contributed by atoms with Crippen LogP contribution in [0.5, 0.6) is 0 Å². The predicted molar refractivity (Wildman–Crippen MR) is 81.4 cm³/mol. The third-order valence-electron chi connectivity index (χ3n) is 3.47. The third-order valence-corrected chi connectivity index (χ3v) is 4.47. The number of hydrogen-bond acceptors (Lipinski definition) is 4. The molecule has 0 radical (unpaired) electrons. The molecule has 3 nitrogen and oxygen atoms in total. The highest BCUT2D eigenvalue weighted by Crippen LogP contribution is 2.36. The second-order valence-electron chi connectivity index (χ2n) is 5.00. The van der Waals surface area contributed by atoms with Crippen molar-refractivity contribution >= 4 is 22.8 Å². The lowest BCUT2D eigenvalue weighted by molar-refractivity contribution is 0.102. The smallest absolute Gasteiger partial charge is 0.203 e. The lowest BCUT2D eigenvalue weighted by atomic mass is 9.91. The van der Waals surface area contributed by atoms with Crippen LogP contribution in [0.2, 0.25) is 0 Å². The van der Waals surface area contributed by atoms with Crippen molar-refractivity contribution in [1.29, 1.82) is 0 Å². The molecule has 0 unspecified atom stereocenters. The Kier molecular flexibility index (Phi) is 3.37. The summed E-state index contributed by atoms with van der Waals surface area (Å²) in [4.78, 5) is 18.5. The molecule has 0 spiro atoms. The maximum absolute atomic E-state index is 14.5. The molecule has 0 amide bonds. The van der Waals surface area contributed by atoms with Gasteiger partial charge in [0, 0.05) is 22.6 Å². The van der Waals surface area contributed by atoms with E-state index < -0.39 is 5.83 Å². The van der Waals surface area contributed by atoms with Crippen LogP contribution in [-0.2, 0) is 4.74 Å². The zero-order valence-electron chi connectivity index (χ0n) is 12.0. The summed E-state index contributed by atoms with van der Waals surface area (Å²) >= 11 is 1.40. The fraction of sp³-hybridized carbons (Fsp3) is 0.250. The van der Waals surface area contributed by atoms with Gasteiger partial charge in [-0.1, -0.05) is 0 Å². The zero-order valence-corrected chi connectivity index (χ0v) is 12.8. The molecule has 108 valence electrons. The average molecular weight is 303 g/mol. The second-order valence-corrected chi connectivity index (χ2v) is 6.29. The first kappa shape index (κ1) is 13.9. The van der Waals surface area contributed by atoms with Gasteiger partial charge in [-0.25, -0.2) is 4.39 Å². The van der Waals surface area contributed by atoms with Gasteiger partial charge in [-0.2, -0.15) is 0 Å². The molecule has 0 bridgehead atoms. The van der Waals surface area contributed by atoms with E-state index in [4.69, 9.17) is 4.74 Å². The number of aliphatic imine (C=N–C) groups is 1. The first-order valence-corrected chi connectivity index (χ1v) is 7.37. The number of thiophene rings is 1. The molecule has 0 saturated carbocycles. The lowest BCUT2D eigenvalue weighted by Crippen LogP contribution is -2.17. The largest absolute Gasteiger partial charge is 0.493 e. The monoisotopic (exact) mass is 303 g/mol. The first-order chi connectivity index (χ1) is 10.0. The van der Waals surface area contributed by atoms with Gasteiger partial charge in [-0.05, 0) is 32.1 Å². The van der Waals surface area contributed by atoms with Crippen LogP contribution in [0.25, 0.3) is 0 Å². The Morgan fingerprint density at radius 3 is 2.76 bits per heavy atom. The minimum atomic E-state index is -0.504. The SMILES string of the molecule is COC1=C(C(=O)c2ccc(C)s2)CC2=NC(C)=CC2=C1F. The van der Waals surface area contributed by atoms with E-state index >= 15 is 0 Å². The molecule has 0 atom stereocenters. The van der Waals surface area contributed by atoms with Crippen molar-refractivity contribution in [3.8, 4) is 0 Å². The Balaban J connectivity index is 2.08. The molecule has 0 N–H and O–H groups in total. The number of hydrogen-bond donors (Lipinski definition) is 0. The highest BCUT2D eigenvalue weighted by atomic mass is 32.1. The van der Waals surface area contributed by atoms with Gasteiger partial charge in [0.25, 0.3) is 0 Å². The lowest BCUT2D eigenvalue weighted by Gasteiger charge is -2.18. The van der Waals surface area contributed by atoms with Gasteiger partial charge < -0.3 is 4.74 Å². The summed E-state index contributed by atoms with van der Waals surface area (Å²) in [6, 6.07) is 3.64. The Labute approximate surface area is 126 Å². The predicted octanol–water partition coefficient (Wildman–Crippen LogP) is 4.13. The van der Waals surface area contributed by atoms with E-state index in [1.54, 1.807) is 12.1 Å². The normalized spacial score (nSPS) is 17.7. The third kappa shape index (κ3) is 2.27. The Morgan fingerprint density at radius 2 is 2.14 bits per heavy atom. The molecule has 1 aromatic heterocycles. The average Bonchev–Trinajstić information content (AvgIpc) is 3.03. The number of ether oxygens (including phenoxy) is 1. The molecule has 3 rings (SSSR count). The van der Waals surface area contributed by atoms with Crippen LogP contribution in [0.15, 0.2) is 51.6 Å². The van der Waals surface area contributed by atoms with Gasteiger partial charge in [0.2, 0.25) is 5.78 Å². The van der Waals surface area contributed by atoms with E-state index in [9.17, 15) is 9.18 Å². The number of carbonyl (C=O) groups is 1. The summed E-state index contributed by atoms with van der Waals surface area (Å²) in [6.07, 6.45) is 1.98. The number of allylic oxidation sites excluding steroid dienone is 5. The van der Waals surface area contributed by atoms with Gasteiger partial charge in [0.15, 0.2) is 11.6 Å².